The van der Waals surface area contributed by atoms with Gasteiger partial charge in [0.2, 0.25) is 5.28 Å². The molecule has 14 heavy (non-hydrogen) atoms. The Bertz CT molecular complexity index is 303. The van der Waals surface area contributed by atoms with E-state index in [1.807, 2.05) is 14.1 Å². The van der Waals surface area contributed by atoms with Gasteiger partial charge in [-0.15, -0.1) is 0 Å². The van der Waals surface area contributed by atoms with E-state index in [0.717, 1.165) is 13.1 Å². The normalized spacial score (nSPS) is 10.6. The van der Waals surface area contributed by atoms with Crippen LogP contribution in [-0.4, -0.2) is 42.1 Å². The Kier molecular flexibility index (Phi) is 4.38. The summed E-state index contributed by atoms with van der Waals surface area (Å²) in [5.41, 5.74) is 0. The lowest BCUT2D eigenvalue weighted by Crippen LogP contribution is -2.21. The molecule has 0 aliphatic rings. The van der Waals surface area contributed by atoms with E-state index in [9.17, 15) is 0 Å². The van der Waals surface area contributed by atoms with E-state index in [2.05, 4.69) is 20.2 Å². The monoisotopic (exact) mass is 234 g/mol. The van der Waals surface area contributed by atoms with Gasteiger partial charge in [-0.2, -0.15) is 4.98 Å². The maximum absolute atomic E-state index is 5.85. The van der Waals surface area contributed by atoms with Crippen LogP contribution in [0.5, 0.6) is 0 Å². The van der Waals surface area contributed by atoms with Crippen LogP contribution in [0.1, 0.15) is 0 Å². The molecule has 0 saturated carbocycles. The van der Waals surface area contributed by atoms with Crippen LogP contribution in [0.4, 0.5) is 5.82 Å². The molecule has 0 saturated heterocycles. The highest BCUT2D eigenvalue weighted by Gasteiger charge is 2.02. The van der Waals surface area contributed by atoms with Crippen LogP contribution >= 0.6 is 23.2 Å². The third kappa shape index (κ3) is 3.65. The topological polar surface area (TPSA) is 41.0 Å². The predicted molar refractivity (Wildman–Crippen MR) is 59.1 cm³/mol. The maximum atomic E-state index is 5.85. The first kappa shape index (κ1) is 11.5. The van der Waals surface area contributed by atoms with Gasteiger partial charge in [0.15, 0.2) is 0 Å². The molecule has 1 heterocycles. The summed E-state index contributed by atoms with van der Waals surface area (Å²) in [5.74, 6) is 0.577. The Labute approximate surface area is 93.2 Å². The zero-order chi connectivity index (χ0) is 10.6. The van der Waals surface area contributed by atoms with Gasteiger partial charge < -0.3 is 10.2 Å². The number of hydrogen-bond donors (Lipinski definition) is 1. The number of nitrogens with zero attached hydrogens (tertiary/aromatic N) is 3. The summed E-state index contributed by atoms with van der Waals surface area (Å²) in [6.07, 6.45) is 1.48. The standard InChI is InChI=1S/C8H12Cl2N4/c1-14(2)4-3-11-7-6(9)5-12-8(10)13-7/h5H,3-4H2,1-2H3,(H,11,12,13). The first-order valence-corrected chi connectivity index (χ1v) is 4.92. The van der Waals surface area contributed by atoms with Crippen LogP contribution in [0.3, 0.4) is 0 Å². The van der Waals surface area contributed by atoms with Crippen molar-refractivity contribution in [3.63, 3.8) is 0 Å². The molecule has 1 rings (SSSR count). The Morgan fingerprint density at radius 3 is 2.79 bits per heavy atom. The van der Waals surface area contributed by atoms with E-state index in [0.29, 0.717) is 10.8 Å². The van der Waals surface area contributed by atoms with Crippen LogP contribution < -0.4 is 5.32 Å². The average molecular weight is 235 g/mol. The molecule has 1 N–H and O–H groups in total. The summed E-state index contributed by atoms with van der Waals surface area (Å²) in [6.45, 7) is 1.66. The lowest BCUT2D eigenvalue weighted by molar-refractivity contribution is 0.425. The van der Waals surface area contributed by atoms with Gasteiger partial charge in [-0.1, -0.05) is 11.6 Å². The minimum absolute atomic E-state index is 0.196. The predicted octanol–water partition coefficient (Wildman–Crippen LogP) is 1.76. The third-order valence-corrected chi connectivity index (χ3v) is 2.02. The second-order valence-corrected chi connectivity index (χ2v) is 3.81. The number of nitrogens with one attached hydrogen (secondary N) is 1. The van der Waals surface area contributed by atoms with E-state index in [1.54, 1.807) is 0 Å². The summed E-state index contributed by atoms with van der Waals surface area (Å²) in [4.78, 5) is 9.78. The lowest BCUT2D eigenvalue weighted by atomic mass is 10.5. The van der Waals surface area contributed by atoms with Gasteiger partial charge in [-0.3, -0.25) is 0 Å². The molecule has 0 atom stereocenters. The molecular formula is C8H12Cl2N4. The van der Waals surface area contributed by atoms with Crippen molar-refractivity contribution in [3.8, 4) is 0 Å². The highest BCUT2D eigenvalue weighted by Crippen LogP contribution is 2.18. The first-order chi connectivity index (χ1) is 6.59. The summed E-state index contributed by atoms with van der Waals surface area (Å²) >= 11 is 11.5. The molecule has 0 radical (unpaired) electrons. The SMILES string of the molecule is CN(C)CCNc1nc(Cl)ncc1Cl. The van der Waals surface area contributed by atoms with Crippen LogP contribution in [-0.2, 0) is 0 Å². The molecule has 0 aromatic carbocycles. The molecule has 4 nitrogen and oxygen atoms in total. The van der Waals surface area contributed by atoms with Crippen molar-refractivity contribution in [3.05, 3.63) is 16.5 Å². The molecule has 1 aromatic rings. The van der Waals surface area contributed by atoms with E-state index < -0.39 is 0 Å². The molecule has 0 amide bonds. The minimum atomic E-state index is 0.196. The quantitative estimate of drug-likeness (QED) is 0.807. The number of rotatable bonds is 4. The molecular weight excluding hydrogens is 223 g/mol. The largest absolute Gasteiger partial charge is 0.367 e. The van der Waals surface area contributed by atoms with Gasteiger partial charge in [0.05, 0.1) is 6.20 Å². The van der Waals surface area contributed by atoms with Crippen molar-refractivity contribution in [2.75, 3.05) is 32.5 Å². The third-order valence-electron chi connectivity index (χ3n) is 1.57. The second kappa shape index (κ2) is 5.34. The van der Waals surface area contributed by atoms with E-state index in [-0.39, 0.29) is 5.28 Å². The fourth-order valence-corrected chi connectivity index (χ4v) is 1.16. The first-order valence-electron chi connectivity index (χ1n) is 4.16. The zero-order valence-corrected chi connectivity index (χ0v) is 9.60. The lowest BCUT2D eigenvalue weighted by Gasteiger charge is -2.11. The number of aromatic nitrogens is 2. The molecule has 0 aliphatic heterocycles. The van der Waals surface area contributed by atoms with Crippen molar-refractivity contribution in [1.82, 2.24) is 14.9 Å². The van der Waals surface area contributed by atoms with Crippen LogP contribution in [0.2, 0.25) is 10.3 Å². The molecule has 6 heteroatoms. The van der Waals surface area contributed by atoms with Crippen LogP contribution in [0.15, 0.2) is 6.20 Å². The highest BCUT2D eigenvalue weighted by molar-refractivity contribution is 6.33. The summed E-state index contributed by atoms with van der Waals surface area (Å²) in [7, 11) is 3.99. The van der Waals surface area contributed by atoms with Crippen LogP contribution in [0.25, 0.3) is 0 Å². The molecule has 78 valence electrons. The van der Waals surface area contributed by atoms with Crippen LogP contribution in [0, 0.1) is 0 Å². The molecule has 0 fully saturated rings. The smallest absolute Gasteiger partial charge is 0.224 e. The number of halogens is 2. The average Bonchev–Trinajstić information content (AvgIpc) is 2.10. The van der Waals surface area contributed by atoms with Gasteiger partial charge in [0, 0.05) is 13.1 Å². The Hall–Kier alpha value is -0.580. The van der Waals surface area contributed by atoms with Gasteiger partial charge in [0.1, 0.15) is 10.8 Å². The van der Waals surface area contributed by atoms with Crippen molar-refractivity contribution >= 4 is 29.0 Å². The van der Waals surface area contributed by atoms with Gasteiger partial charge >= 0.3 is 0 Å². The zero-order valence-electron chi connectivity index (χ0n) is 8.09. The van der Waals surface area contributed by atoms with Crippen molar-refractivity contribution < 1.29 is 0 Å². The molecule has 0 bridgehead atoms. The molecule has 0 aliphatic carbocycles. The maximum Gasteiger partial charge on any atom is 0.224 e. The summed E-state index contributed by atoms with van der Waals surface area (Å²) in [6, 6.07) is 0. The van der Waals surface area contributed by atoms with E-state index >= 15 is 0 Å². The Balaban J connectivity index is 2.53. The molecule has 0 spiro atoms. The molecule has 1 aromatic heterocycles. The fourth-order valence-electron chi connectivity index (χ4n) is 0.867. The second-order valence-electron chi connectivity index (χ2n) is 3.07. The van der Waals surface area contributed by atoms with Gasteiger partial charge in [0.25, 0.3) is 0 Å². The van der Waals surface area contributed by atoms with Gasteiger partial charge in [-0.25, -0.2) is 4.98 Å². The van der Waals surface area contributed by atoms with E-state index in [4.69, 9.17) is 23.2 Å². The number of hydrogen-bond acceptors (Lipinski definition) is 4. The van der Waals surface area contributed by atoms with Crippen molar-refractivity contribution in [1.29, 1.82) is 0 Å². The Morgan fingerprint density at radius 2 is 2.14 bits per heavy atom. The van der Waals surface area contributed by atoms with Gasteiger partial charge in [-0.05, 0) is 25.7 Å². The van der Waals surface area contributed by atoms with Crippen molar-refractivity contribution in [2.45, 2.75) is 0 Å². The fraction of sp³-hybridized carbons (Fsp3) is 0.500. The number of anilines is 1. The minimum Gasteiger partial charge on any atom is -0.367 e. The summed E-state index contributed by atoms with van der Waals surface area (Å²) in [5, 5.41) is 3.75. The summed E-state index contributed by atoms with van der Waals surface area (Å²) < 4.78 is 0. The Morgan fingerprint density at radius 1 is 1.43 bits per heavy atom. The highest BCUT2D eigenvalue weighted by atomic mass is 35.5. The van der Waals surface area contributed by atoms with E-state index in [1.165, 1.54) is 6.20 Å². The van der Waals surface area contributed by atoms with Crippen molar-refractivity contribution in [2.24, 2.45) is 0 Å². The number of likely N-dealkylation sites (N-methyl/N-ethyl adjacent to an activating group) is 1. The molecule has 0 unspecified atom stereocenters.